The van der Waals surface area contributed by atoms with Gasteiger partial charge in [-0.3, -0.25) is 0 Å². The summed E-state index contributed by atoms with van der Waals surface area (Å²) in [7, 11) is 0. The van der Waals surface area contributed by atoms with Crippen molar-refractivity contribution in [3.05, 3.63) is 0 Å². The number of carbonyl (C=O) groups is 1. The van der Waals surface area contributed by atoms with Gasteiger partial charge in [0.15, 0.2) is 0 Å². The molecule has 0 unspecified atom stereocenters. The molecule has 0 heterocycles. The molecule has 0 spiro atoms. The summed E-state index contributed by atoms with van der Waals surface area (Å²) < 4.78 is 0. The molecule has 0 saturated carbocycles. The lowest BCUT2D eigenvalue weighted by Crippen LogP contribution is -1.99. The van der Waals surface area contributed by atoms with Gasteiger partial charge >= 0.3 is 5.97 Å². The van der Waals surface area contributed by atoms with E-state index in [1.165, 1.54) is 19.3 Å². The summed E-state index contributed by atoms with van der Waals surface area (Å²) in [5, 5.41) is 17.7. The standard InChI is InChI=1S/C12H23O5/c13-12(17-15)10-8-6-4-2-1-3-5-7-9-11-16-14/h15H,1-11H2. The molecule has 0 aliphatic carbocycles. The fourth-order valence-corrected chi connectivity index (χ4v) is 1.71. The van der Waals surface area contributed by atoms with Gasteiger partial charge in [-0.2, -0.15) is 5.26 Å². The minimum absolute atomic E-state index is 0.297. The van der Waals surface area contributed by atoms with E-state index in [1.54, 1.807) is 0 Å². The number of hydrogen-bond acceptors (Lipinski definition) is 4. The lowest BCUT2D eigenvalue weighted by molar-refractivity contribution is -0.303. The van der Waals surface area contributed by atoms with Crippen LogP contribution in [0.15, 0.2) is 0 Å². The van der Waals surface area contributed by atoms with Crippen LogP contribution in [0, 0.1) is 0 Å². The van der Waals surface area contributed by atoms with Crippen LogP contribution in [0.3, 0.4) is 0 Å². The highest BCUT2D eigenvalue weighted by Crippen LogP contribution is 2.10. The van der Waals surface area contributed by atoms with E-state index in [4.69, 9.17) is 5.26 Å². The third-order valence-electron chi connectivity index (χ3n) is 2.71. The zero-order valence-electron chi connectivity index (χ0n) is 10.4. The molecule has 101 valence electrons. The number of carbonyl (C=O) groups excluding carboxylic acids is 1. The fraction of sp³-hybridized carbons (Fsp3) is 0.917. The fourth-order valence-electron chi connectivity index (χ4n) is 1.71. The Balaban J connectivity index is 2.96. The Labute approximate surface area is 103 Å². The molecule has 1 radical (unpaired) electrons. The van der Waals surface area contributed by atoms with Crippen molar-refractivity contribution >= 4 is 5.97 Å². The van der Waals surface area contributed by atoms with Crippen molar-refractivity contribution in [1.82, 2.24) is 0 Å². The molecular formula is C12H23O5. The maximum absolute atomic E-state index is 10.6. The Bertz CT molecular complexity index is 172. The molecule has 17 heavy (non-hydrogen) atoms. The van der Waals surface area contributed by atoms with Gasteiger partial charge in [-0.05, 0) is 18.1 Å². The minimum atomic E-state index is -0.550. The predicted octanol–water partition coefficient (Wildman–Crippen LogP) is 3.27. The topological polar surface area (TPSA) is 75.7 Å². The van der Waals surface area contributed by atoms with Crippen LogP contribution in [0.25, 0.3) is 0 Å². The van der Waals surface area contributed by atoms with Crippen LogP contribution in [-0.4, -0.2) is 17.8 Å². The van der Waals surface area contributed by atoms with Gasteiger partial charge in [0.1, 0.15) is 0 Å². The van der Waals surface area contributed by atoms with Crippen molar-refractivity contribution in [2.75, 3.05) is 6.61 Å². The monoisotopic (exact) mass is 247 g/mol. The number of unbranched alkanes of at least 4 members (excludes halogenated alkanes) is 8. The van der Waals surface area contributed by atoms with Gasteiger partial charge in [-0.1, -0.05) is 44.9 Å². The van der Waals surface area contributed by atoms with Crippen molar-refractivity contribution in [2.45, 2.75) is 64.2 Å². The Hall–Kier alpha value is -0.650. The quantitative estimate of drug-likeness (QED) is 0.326. The maximum Gasteiger partial charge on any atom is 0.342 e. The number of hydrogen-bond donors (Lipinski definition) is 1. The zero-order chi connectivity index (χ0) is 12.8. The average Bonchev–Trinajstić information content (AvgIpc) is 2.35. The van der Waals surface area contributed by atoms with Crippen LogP contribution in [-0.2, 0) is 19.8 Å². The molecule has 0 atom stereocenters. The molecule has 1 N–H and O–H groups in total. The van der Waals surface area contributed by atoms with Gasteiger partial charge in [0.05, 0.1) is 6.61 Å². The molecule has 0 aromatic heterocycles. The third-order valence-corrected chi connectivity index (χ3v) is 2.71. The van der Waals surface area contributed by atoms with Crippen LogP contribution in [0.2, 0.25) is 0 Å². The molecule has 5 nitrogen and oxygen atoms in total. The van der Waals surface area contributed by atoms with Crippen molar-refractivity contribution in [3.63, 3.8) is 0 Å². The molecule has 0 saturated heterocycles. The first kappa shape index (κ1) is 16.4. The predicted molar refractivity (Wildman–Crippen MR) is 61.5 cm³/mol. The summed E-state index contributed by atoms with van der Waals surface area (Å²) >= 11 is 0. The van der Waals surface area contributed by atoms with Gasteiger partial charge in [0.25, 0.3) is 0 Å². The molecule has 0 aliphatic heterocycles. The second kappa shape index (κ2) is 13.4. The van der Waals surface area contributed by atoms with Crippen molar-refractivity contribution in [3.8, 4) is 0 Å². The van der Waals surface area contributed by atoms with E-state index in [1.807, 2.05) is 0 Å². The van der Waals surface area contributed by atoms with Crippen molar-refractivity contribution in [1.29, 1.82) is 0 Å². The van der Waals surface area contributed by atoms with Crippen LogP contribution in [0.1, 0.15) is 64.2 Å². The molecule has 0 bridgehead atoms. The molecule has 0 aromatic carbocycles. The highest BCUT2D eigenvalue weighted by atomic mass is 17.1. The van der Waals surface area contributed by atoms with Gasteiger partial charge in [0, 0.05) is 6.42 Å². The largest absolute Gasteiger partial charge is 0.342 e. The second-order valence-electron chi connectivity index (χ2n) is 4.22. The first-order valence-corrected chi connectivity index (χ1v) is 6.40. The lowest BCUT2D eigenvalue weighted by Gasteiger charge is -2.01. The third kappa shape index (κ3) is 13.3. The van der Waals surface area contributed by atoms with E-state index in [0.717, 1.165) is 38.5 Å². The molecule has 0 aromatic rings. The van der Waals surface area contributed by atoms with Crippen LogP contribution < -0.4 is 0 Å². The molecule has 0 amide bonds. The number of rotatable bonds is 12. The second-order valence-corrected chi connectivity index (χ2v) is 4.22. The highest BCUT2D eigenvalue weighted by Gasteiger charge is 2.00. The van der Waals surface area contributed by atoms with E-state index in [2.05, 4.69) is 9.78 Å². The van der Waals surface area contributed by atoms with E-state index in [9.17, 15) is 10.1 Å². The van der Waals surface area contributed by atoms with Crippen LogP contribution in [0.4, 0.5) is 0 Å². The van der Waals surface area contributed by atoms with E-state index in [0.29, 0.717) is 13.0 Å². The maximum atomic E-state index is 10.6. The molecular weight excluding hydrogens is 224 g/mol. The smallest absolute Gasteiger partial charge is 0.301 e. The van der Waals surface area contributed by atoms with E-state index >= 15 is 0 Å². The zero-order valence-corrected chi connectivity index (χ0v) is 10.4. The summed E-state index contributed by atoms with van der Waals surface area (Å²) in [6, 6.07) is 0. The van der Waals surface area contributed by atoms with Crippen molar-refractivity contribution in [2.24, 2.45) is 0 Å². The Morgan fingerprint density at radius 3 is 1.76 bits per heavy atom. The Kier molecular flexibility index (Phi) is 12.9. The van der Waals surface area contributed by atoms with Crippen LogP contribution >= 0.6 is 0 Å². The van der Waals surface area contributed by atoms with E-state index in [-0.39, 0.29) is 0 Å². The lowest BCUT2D eigenvalue weighted by atomic mass is 10.1. The van der Waals surface area contributed by atoms with Crippen LogP contribution in [0.5, 0.6) is 0 Å². The Morgan fingerprint density at radius 1 is 0.824 bits per heavy atom. The summed E-state index contributed by atoms with van der Waals surface area (Å²) in [6.07, 6.45) is 9.82. The van der Waals surface area contributed by atoms with Gasteiger partial charge in [-0.25, -0.2) is 9.68 Å². The van der Waals surface area contributed by atoms with Crippen molar-refractivity contribution < 1.29 is 25.1 Å². The van der Waals surface area contributed by atoms with Gasteiger partial charge in [0.2, 0.25) is 0 Å². The highest BCUT2D eigenvalue weighted by molar-refractivity contribution is 5.68. The Morgan fingerprint density at radius 2 is 1.29 bits per heavy atom. The first-order chi connectivity index (χ1) is 8.31. The molecule has 0 fully saturated rings. The summed E-state index contributed by atoms with van der Waals surface area (Å²) in [4.78, 5) is 17.9. The molecule has 0 rings (SSSR count). The minimum Gasteiger partial charge on any atom is -0.301 e. The summed E-state index contributed by atoms with van der Waals surface area (Å²) in [5.41, 5.74) is 0. The molecule has 5 heteroatoms. The first-order valence-electron chi connectivity index (χ1n) is 6.40. The summed E-state index contributed by atoms with van der Waals surface area (Å²) in [6.45, 7) is 0.320. The normalized spacial score (nSPS) is 10.5. The molecule has 0 aliphatic rings. The summed E-state index contributed by atoms with van der Waals surface area (Å²) in [5.74, 6) is -0.550. The SMILES string of the molecule is [O]OCCCCCCCCCCCC(=O)OO. The van der Waals surface area contributed by atoms with Gasteiger partial charge < -0.3 is 4.89 Å². The van der Waals surface area contributed by atoms with E-state index < -0.39 is 5.97 Å². The van der Waals surface area contributed by atoms with Gasteiger partial charge in [-0.15, -0.1) is 0 Å². The average molecular weight is 247 g/mol.